The highest BCUT2D eigenvalue weighted by Gasteiger charge is 2.29. The maximum absolute atomic E-state index is 12.2. The van der Waals surface area contributed by atoms with Gasteiger partial charge in [0.15, 0.2) is 0 Å². The molecule has 0 bridgehead atoms. The van der Waals surface area contributed by atoms with Crippen molar-refractivity contribution in [1.29, 1.82) is 0 Å². The van der Waals surface area contributed by atoms with Crippen LogP contribution in [0.25, 0.3) is 0 Å². The quantitative estimate of drug-likeness (QED) is 0.887. The van der Waals surface area contributed by atoms with Crippen LogP contribution in [0.5, 0.6) is 0 Å². The van der Waals surface area contributed by atoms with Crippen LogP contribution in [0.4, 0.5) is 0 Å². The molecule has 1 saturated carbocycles. The number of nitrogens with two attached hydrogens (primary N) is 1. The third-order valence-corrected chi connectivity index (χ3v) is 4.19. The predicted octanol–water partition coefficient (Wildman–Crippen LogP) is 2.64. The monoisotopic (exact) mass is 274 g/mol. The maximum atomic E-state index is 12.2. The van der Waals surface area contributed by atoms with Crippen LogP contribution in [0.15, 0.2) is 30.3 Å². The third-order valence-electron chi connectivity index (χ3n) is 4.19. The minimum atomic E-state index is -0.456. The van der Waals surface area contributed by atoms with Crippen LogP contribution in [-0.4, -0.2) is 18.0 Å². The van der Waals surface area contributed by atoms with Crippen molar-refractivity contribution in [2.24, 2.45) is 11.1 Å². The number of nitrogens with one attached hydrogen (secondary N) is 1. The van der Waals surface area contributed by atoms with Gasteiger partial charge in [0.05, 0.1) is 6.04 Å². The van der Waals surface area contributed by atoms with Crippen LogP contribution < -0.4 is 11.1 Å². The Morgan fingerprint density at radius 3 is 2.75 bits per heavy atom. The van der Waals surface area contributed by atoms with Crippen LogP contribution in [0.3, 0.4) is 0 Å². The highest BCUT2D eigenvalue weighted by atomic mass is 16.2. The molecule has 0 aliphatic heterocycles. The normalized spacial score (nSPS) is 23.1. The summed E-state index contributed by atoms with van der Waals surface area (Å²) in [5, 5.41) is 3.13. The molecular formula is C17H26N2O. The average Bonchev–Trinajstić information content (AvgIpc) is 2.38. The molecule has 20 heavy (non-hydrogen) atoms. The first-order valence-electron chi connectivity index (χ1n) is 7.56. The van der Waals surface area contributed by atoms with Crippen LogP contribution in [0, 0.1) is 5.41 Å². The molecule has 0 heterocycles. The first-order chi connectivity index (χ1) is 9.46. The predicted molar refractivity (Wildman–Crippen MR) is 82.3 cm³/mol. The molecular weight excluding hydrogens is 248 g/mol. The van der Waals surface area contributed by atoms with Crippen LogP contribution >= 0.6 is 0 Å². The zero-order valence-electron chi connectivity index (χ0n) is 12.6. The van der Waals surface area contributed by atoms with Gasteiger partial charge in [-0.1, -0.05) is 50.6 Å². The molecule has 3 nitrogen and oxygen atoms in total. The second-order valence-electron chi connectivity index (χ2n) is 6.76. The number of hydrogen-bond donors (Lipinski definition) is 2. The van der Waals surface area contributed by atoms with Gasteiger partial charge in [-0.05, 0) is 36.7 Å². The van der Waals surface area contributed by atoms with Crippen molar-refractivity contribution in [3.05, 3.63) is 35.9 Å². The minimum absolute atomic E-state index is 0.0171. The van der Waals surface area contributed by atoms with Crippen molar-refractivity contribution in [2.45, 2.75) is 58.0 Å². The lowest BCUT2D eigenvalue weighted by Crippen LogP contribution is -2.48. The fourth-order valence-corrected chi connectivity index (χ4v) is 3.09. The molecule has 110 valence electrons. The summed E-state index contributed by atoms with van der Waals surface area (Å²) in [5.74, 6) is -0.0171. The van der Waals surface area contributed by atoms with Crippen LogP contribution in [0.1, 0.15) is 45.1 Å². The lowest BCUT2D eigenvalue weighted by Gasteiger charge is -2.36. The number of rotatable bonds is 4. The summed E-state index contributed by atoms with van der Waals surface area (Å²) in [7, 11) is 0. The van der Waals surface area contributed by atoms with E-state index in [-0.39, 0.29) is 11.9 Å². The Morgan fingerprint density at radius 2 is 2.10 bits per heavy atom. The van der Waals surface area contributed by atoms with Gasteiger partial charge >= 0.3 is 0 Å². The van der Waals surface area contributed by atoms with Crippen molar-refractivity contribution >= 4 is 5.91 Å². The Morgan fingerprint density at radius 1 is 1.40 bits per heavy atom. The largest absolute Gasteiger partial charge is 0.352 e. The first kappa shape index (κ1) is 15.0. The Kier molecular flexibility index (Phi) is 4.81. The number of carbonyl (C=O) groups excluding carboxylic acids is 1. The summed E-state index contributed by atoms with van der Waals surface area (Å²) in [6.45, 7) is 4.55. The Balaban J connectivity index is 1.85. The molecule has 3 N–H and O–H groups in total. The van der Waals surface area contributed by atoms with E-state index in [4.69, 9.17) is 5.73 Å². The number of carbonyl (C=O) groups is 1. The molecule has 1 aromatic rings. The van der Waals surface area contributed by atoms with Gasteiger partial charge in [0.25, 0.3) is 0 Å². The summed E-state index contributed by atoms with van der Waals surface area (Å²) < 4.78 is 0. The second kappa shape index (κ2) is 6.40. The molecule has 1 fully saturated rings. The second-order valence-corrected chi connectivity index (χ2v) is 6.76. The third kappa shape index (κ3) is 4.34. The smallest absolute Gasteiger partial charge is 0.237 e. The van der Waals surface area contributed by atoms with Crippen molar-refractivity contribution in [1.82, 2.24) is 5.32 Å². The fraction of sp³-hybridized carbons (Fsp3) is 0.588. The molecule has 0 saturated heterocycles. The van der Waals surface area contributed by atoms with E-state index in [0.29, 0.717) is 11.8 Å². The van der Waals surface area contributed by atoms with E-state index in [1.54, 1.807) is 0 Å². The Labute approximate surface area is 121 Å². The summed E-state index contributed by atoms with van der Waals surface area (Å²) in [6.07, 6.45) is 5.16. The minimum Gasteiger partial charge on any atom is -0.352 e. The molecule has 0 spiro atoms. The van der Waals surface area contributed by atoms with Crippen molar-refractivity contribution in [3.63, 3.8) is 0 Å². The highest BCUT2D eigenvalue weighted by molar-refractivity contribution is 5.82. The number of hydrogen-bond acceptors (Lipinski definition) is 2. The standard InChI is InChI=1S/C17H26N2O/c1-17(2)10-6-9-14(12-17)19-16(20)15(18)11-13-7-4-3-5-8-13/h3-5,7-8,14-15H,6,9-12,18H2,1-2H3,(H,19,20). The maximum Gasteiger partial charge on any atom is 0.237 e. The molecule has 2 rings (SSSR count). The number of amides is 1. The molecule has 0 aromatic heterocycles. The Hall–Kier alpha value is -1.35. The lowest BCUT2D eigenvalue weighted by atomic mass is 9.75. The van der Waals surface area contributed by atoms with Gasteiger partial charge < -0.3 is 11.1 Å². The van der Waals surface area contributed by atoms with E-state index >= 15 is 0 Å². The van der Waals surface area contributed by atoms with E-state index in [0.717, 1.165) is 18.4 Å². The average molecular weight is 274 g/mol. The zero-order valence-corrected chi connectivity index (χ0v) is 12.6. The van der Waals surface area contributed by atoms with Gasteiger partial charge in [-0.25, -0.2) is 0 Å². The zero-order chi connectivity index (χ0) is 14.6. The molecule has 1 aromatic carbocycles. The lowest BCUT2D eigenvalue weighted by molar-refractivity contribution is -0.123. The SMILES string of the molecule is CC1(C)CCCC(NC(=O)C(N)Cc2ccccc2)C1. The summed E-state index contributed by atoms with van der Waals surface area (Å²) >= 11 is 0. The summed E-state index contributed by atoms with van der Waals surface area (Å²) in [4.78, 5) is 12.2. The van der Waals surface area contributed by atoms with Gasteiger partial charge in [0, 0.05) is 6.04 Å². The molecule has 1 aliphatic rings. The van der Waals surface area contributed by atoms with Crippen LogP contribution in [-0.2, 0) is 11.2 Å². The van der Waals surface area contributed by atoms with Gasteiger partial charge in [-0.2, -0.15) is 0 Å². The van der Waals surface area contributed by atoms with Gasteiger partial charge in [0.2, 0.25) is 5.91 Å². The highest BCUT2D eigenvalue weighted by Crippen LogP contribution is 2.35. The van der Waals surface area contributed by atoms with E-state index in [1.165, 1.54) is 12.8 Å². The van der Waals surface area contributed by atoms with Gasteiger partial charge in [0.1, 0.15) is 0 Å². The number of benzene rings is 1. The summed E-state index contributed by atoms with van der Waals surface area (Å²) in [6, 6.07) is 9.77. The van der Waals surface area contributed by atoms with E-state index < -0.39 is 6.04 Å². The summed E-state index contributed by atoms with van der Waals surface area (Å²) in [5.41, 5.74) is 7.47. The molecule has 0 radical (unpaired) electrons. The topological polar surface area (TPSA) is 55.1 Å². The van der Waals surface area contributed by atoms with Crippen molar-refractivity contribution < 1.29 is 4.79 Å². The van der Waals surface area contributed by atoms with Crippen molar-refractivity contribution in [2.75, 3.05) is 0 Å². The van der Waals surface area contributed by atoms with Crippen LogP contribution in [0.2, 0.25) is 0 Å². The van der Waals surface area contributed by atoms with Crippen molar-refractivity contribution in [3.8, 4) is 0 Å². The molecule has 2 atom stereocenters. The molecule has 3 heteroatoms. The molecule has 1 aliphatic carbocycles. The van der Waals surface area contributed by atoms with Gasteiger partial charge in [-0.15, -0.1) is 0 Å². The van der Waals surface area contributed by atoms with Gasteiger partial charge in [-0.3, -0.25) is 4.79 Å². The fourth-order valence-electron chi connectivity index (χ4n) is 3.09. The first-order valence-corrected chi connectivity index (χ1v) is 7.56. The van der Waals surface area contributed by atoms with E-state index in [9.17, 15) is 4.79 Å². The van der Waals surface area contributed by atoms with E-state index in [1.807, 2.05) is 30.3 Å². The molecule has 2 unspecified atom stereocenters. The Bertz CT molecular complexity index is 442. The molecule has 1 amide bonds. The van der Waals surface area contributed by atoms with E-state index in [2.05, 4.69) is 19.2 Å².